The molecule has 3 N–H and O–H groups in total. The molecule has 3 heteroatoms. The van der Waals surface area contributed by atoms with Crippen LogP contribution in [0.1, 0.15) is 19.8 Å². The summed E-state index contributed by atoms with van der Waals surface area (Å²) in [6, 6.07) is 0. The van der Waals surface area contributed by atoms with Crippen molar-refractivity contribution < 1.29 is 4.74 Å². The van der Waals surface area contributed by atoms with Crippen LogP contribution in [0.15, 0.2) is 12.3 Å². The zero-order valence-electron chi connectivity index (χ0n) is 6.31. The van der Waals surface area contributed by atoms with Gasteiger partial charge in [-0.2, -0.15) is 0 Å². The van der Waals surface area contributed by atoms with Crippen molar-refractivity contribution >= 4 is 5.84 Å². The Labute approximate surface area is 61.4 Å². The van der Waals surface area contributed by atoms with Crippen LogP contribution in [0, 0.1) is 5.41 Å². The standard InChI is InChI=1S/C7H14N2O/c1-6(2)10-5-3-4-7(8)9/h1,3-5H2,2H3,(H3,8,9). The summed E-state index contributed by atoms with van der Waals surface area (Å²) >= 11 is 0. The molecule has 0 unspecified atom stereocenters. The zero-order chi connectivity index (χ0) is 7.98. The monoisotopic (exact) mass is 142 g/mol. The van der Waals surface area contributed by atoms with Gasteiger partial charge in [-0.15, -0.1) is 0 Å². The van der Waals surface area contributed by atoms with E-state index in [0.717, 1.165) is 6.42 Å². The molecular formula is C7H14N2O. The van der Waals surface area contributed by atoms with Gasteiger partial charge in [0.25, 0.3) is 0 Å². The fourth-order valence-electron chi connectivity index (χ4n) is 0.509. The van der Waals surface area contributed by atoms with Crippen LogP contribution in [0.5, 0.6) is 0 Å². The molecule has 58 valence electrons. The maximum atomic E-state index is 6.88. The molecule has 0 aromatic carbocycles. The average Bonchev–Trinajstić information content (AvgIpc) is 1.79. The van der Waals surface area contributed by atoms with E-state index in [1.54, 1.807) is 6.92 Å². The predicted octanol–water partition coefficient (Wildman–Crippen LogP) is 1.25. The highest BCUT2D eigenvalue weighted by atomic mass is 16.5. The summed E-state index contributed by atoms with van der Waals surface area (Å²) in [7, 11) is 0. The third-order valence-corrected chi connectivity index (χ3v) is 0.939. The highest BCUT2D eigenvalue weighted by Crippen LogP contribution is 1.94. The third kappa shape index (κ3) is 7.01. The Morgan fingerprint density at radius 1 is 1.70 bits per heavy atom. The van der Waals surface area contributed by atoms with Crippen molar-refractivity contribution in [2.45, 2.75) is 19.8 Å². The van der Waals surface area contributed by atoms with Crippen LogP contribution in [0.4, 0.5) is 0 Å². The topological polar surface area (TPSA) is 59.1 Å². The van der Waals surface area contributed by atoms with E-state index in [0.29, 0.717) is 18.8 Å². The van der Waals surface area contributed by atoms with Crippen LogP contribution < -0.4 is 5.73 Å². The molecule has 0 heterocycles. The van der Waals surface area contributed by atoms with E-state index in [9.17, 15) is 0 Å². The number of amidine groups is 1. The van der Waals surface area contributed by atoms with Gasteiger partial charge in [0.1, 0.15) is 0 Å². The molecule has 0 aromatic rings. The first-order chi connectivity index (χ1) is 4.63. The normalized spacial score (nSPS) is 8.90. The van der Waals surface area contributed by atoms with Crippen LogP contribution in [-0.2, 0) is 4.74 Å². The summed E-state index contributed by atoms with van der Waals surface area (Å²) in [5.41, 5.74) is 5.11. The molecule has 0 fully saturated rings. The smallest absolute Gasteiger partial charge is 0.0906 e. The lowest BCUT2D eigenvalue weighted by atomic mass is 10.3. The minimum atomic E-state index is 0.213. The molecular weight excluding hydrogens is 128 g/mol. The van der Waals surface area contributed by atoms with Crippen molar-refractivity contribution in [1.82, 2.24) is 0 Å². The molecule has 0 amide bonds. The van der Waals surface area contributed by atoms with Crippen LogP contribution in [-0.4, -0.2) is 12.4 Å². The number of nitrogens with one attached hydrogen (secondary N) is 1. The van der Waals surface area contributed by atoms with Gasteiger partial charge in [-0.3, -0.25) is 5.41 Å². The first kappa shape index (κ1) is 9.01. The van der Waals surface area contributed by atoms with Crippen LogP contribution in [0.25, 0.3) is 0 Å². The van der Waals surface area contributed by atoms with Gasteiger partial charge in [0.2, 0.25) is 0 Å². The minimum absolute atomic E-state index is 0.213. The molecule has 0 atom stereocenters. The second-order valence-corrected chi connectivity index (χ2v) is 2.18. The second kappa shape index (κ2) is 4.85. The van der Waals surface area contributed by atoms with E-state index in [1.165, 1.54) is 0 Å². The van der Waals surface area contributed by atoms with Gasteiger partial charge in [-0.25, -0.2) is 0 Å². The molecule has 0 saturated heterocycles. The first-order valence-corrected chi connectivity index (χ1v) is 3.24. The molecule has 0 aliphatic carbocycles. The summed E-state index contributed by atoms with van der Waals surface area (Å²) in [5.74, 6) is 0.925. The second-order valence-electron chi connectivity index (χ2n) is 2.18. The summed E-state index contributed by atoms with van der Waals surface area (Å²) in [5, 5.41) is 6.88. The van der Waals surface area contributed by atoms with Gasteiger partial charge in [-0.1, -0.05) is 6.58 Å². The van der Waals surface area contributed by atoms with Gasteiger partial charge >= 0.3 is 0 Å². The van der Waals surface area contributed by atoms with E-state index in [2.05, 4.69) is 6.58 Å². The van der Waals surface area contributed by atoms with Crippen molar-refractivity contribution in [2.75, 3.05) is 6.61 Å². The SMILES string of the molecule is C=C(C)OCCCC(=N)N. The van der Waals surface area contributed by atoms with E-state index < -0.39 is 0 Å². The first-order valence-electron chi connectivity index (χ1n) is 3.24. The van der Waals surface area contributed by atoms with E-state index in [4.69, 9.17) is 15.9 Å². The van der Waals surface area contributed by atoms with Crippen molar-refractivity contribution in [3.05, 3.63) is 12.3 Å². The maximum Gasteiger partial charge on any atom is 0.0906 e. The fourth-order valence-corrected chi connectivity index (χ4v) is 0.509. The largest absolute Gasteiger partial charge is 0.499 e. The van der Waals surface area contributed by atoms with Gasteiger partial charge in [0.15, 0.2) is 0 Å². The third-order valence-electron chi connectivity index (χ3n) is 0.939. The van der Waals surface area contributed by atoms with Gasteiger partial charge in [0.05, 0.1) is 18.2 Å². The quantitative estimate of drug-likeness (QED) is 0.263. The van der Waals surface area contributed by atoms with Crippen molar-refractivity contribution in [3.63, 3.8) is 0 Å². The van der Waals surface area contributed by atoms with E-state index >= 15 is 0 Å². The molecule has 0 aromatic heterocycles. The molecule has 0 radical (unpaired) electrons. The molecule has 0 bridgehead atoms. The lowest BCUT2D eigenvalue weighted by molar-refractivity contribution is 0.213. The lowest BCUT2D eigenvalue weighted by Gasteiger charge is -2.02. The Morgan fingerprint density at radius 3 is 2.70 bits per heavy atom. The zero-order valence-corrected chi connectivity index (χ0v) is 6.31. The predicted molar refractivity (Wildman–Crippen MR) is 41.9 cm³/mol. The number of rotatable bonds is 5. The number of hydrogen-bond donors (Lipinski definition) is 2. The Morgan fingerprint density at radius 2 is 2.30 bits per heavy atom. The summed E-state index contributed by atoms with van der Waals surface area (Å²) in [4.78, 5) is 0. The molecule has 3 nitrogen and oxygen atoms in total. The van der Waals surface area contributed by atoms with Gasteiger partial charge < -0.3 is 10.5 Å². The molecule has 0 aliphatic rings. The number of ether oxygens (including phenoxy) is 1. The van der Waals surface area contributed by atoms with E-state index in [-0.39, 0.29) is 5.84 Å². The summed E-state index contributed by atoms with van der Waals surface area (Å²) in [6.07, 6.45) is 1.40. The summed E-state index contributed by atoms with van der Waals surface area (Å²) < 4.78 is 5.05. The van der Waals surface area contributed by atoms with Gasteiger partial charge in [-0.05, 0) is 13.3 Å². The summed E-state index contributed by atoms with van der Waals surface area (Å²) in [6.45, 7) is 5.97. The van der Waals surface area contributed by atoms with Crippen molar-refractivity contribution in [2.24, 2.45) is 5.73 Å². The molecule has 10 heavy (non-hydrogen) atoms. The average molecular weight is 142 g/mol. The molecule has 0 aliphatic heterocycles. The maximum absolute atomic E-state index is 6.88. The van der Waals surface area contributed by atoms with Crippen LogP contribution >= 0.6 is 0 Å². The Balaban J connectivity index is 3.06. The van der Waals surface area contributed by atoms with Crippen LogP contribution in [0.3, 0.4) is 0 Å². The number of hydrogen-bond acceptors (Lipinski definition) is 2. The number of nitrogens with two attached hydrogens (primary N) is 1. The van der Waals surface area contributed by atoms with Gasteiger partial charge in [0, 0.05) is 6.42 Å². The molecule has 0 rings (SSSR count). The highest BCUT2D eigenvalue weighted by Gasteiger charge is 1.90. The number of allylic oxidation sites excluding steroid dienone is 1. The van der Waals surface area contributed by atoms with Crippen molar-refractivity contribution in [3.8, 4) is 0 Å². The highest BCUT2D eigenvalue weighted by molar-refractivity contribution is 5.76. The Kier molecular flexibility index (Phi) is 4.37. The molecule has 0 spiro atoms. The lowest BCUT2D eigenvalue weighted by Crippen LogP contribution is -2.09. The van der Waals surface area contributed by atoms with Crippen LogP contribution in [0.2, 0.25) is 0 Å². The van der Waals surface area contributed by atoms with E-state index in [1.807, 2.05) is 0 Å². The Hall–Kier alpha value is -0.990. The molecule has 0 saturated carbocycles. The Bertz CT molecular complexity index is 116. The minimum Gasteiger partial charge on any atom is -0.499 e. The fraction of sp³-hybridized carbons (Fsp3) is 0.571. The van der Waals surface area contributed by atoms with Crippen molar-refractivity contribution in [1.29, 1.82) is 5.41 Å².